The second-order valence-corrected chi connectivity index (χ2v) is 9.98. The topological polar surface area (TPSA) is 55.4 Å². The number of ether oxygens (including phenoxy) is 1. The van der Waals surface area contributed by atoms with Crippen LogP contribution in [0.4, 0.5) is 0 Å². The Morgan fingerprint density at radius 1 is 1.08 bits per heavy atom. The third kappa shape index (κ3) is 4.46. The average Bonchev–Trinajstić information content (AvgIpc) is 2.89. The zero-order valence-electron chi connectivity index (χ0n) is 15.9. The zero-order valence-corrected chi connectivity index (χ0v) is 16.7. The van der Waals surface area contributed by atoms with E-state index in [4.69, 9.17) is 4.74 Å². The van der Waals surface area contributed by atoms with E-state index in [9.17, 15) is 8.42 Å². The first kappa shape index (κ1) is 18.9. The highest BCUT2D eigenvalue weighted by molar-refractivity contribution is 7.90. The minimum absolute atomic E-state index is 0.0848. The maximum Gasteiger partial charge on any atom is 0.175 e. The molecule has 140 valence electrons. The number of nitrogens with one attached hydrogen (secondary N) is 1. The van der Waals surface area contributed by atoms with Gasteiger partial charge < -0.3 is 10.1 Å². The maximum atomic E-state index is 11.7. The lowest BCUT2D eigenvalue weighted by molar-refractivity contribution is 0.349. The molecule has 2 aromatic rings. The van der Waals surface area contributed by atoms with Crippen LogP contribution in [0, 0.1) is 5.92 Å². The Morgan fingerprint density at radius 3 is 2.46 bits per heavy atom. The highest BCUT2D eigenvalue weighted by Gasteiger charge is 2.32. The lowest BCUT2D eigenvalue weighted by atomic mass is 9.98. The summed E-state index contributed by atoms with van der Waals surface area (Å²) in [4.78, 5) is 0.265. The normalized spacial score (nSPS) is 19.6. The molecule has 1 aliphatic rings. The van der Waals surface area contributed by atoms with Crippen LogP contribution in [-0.4, -0.2) is 26.8 Å². The Kier molecular flexibility index (Phi) is 5.13. The molecular weight excluding hydrogens is 346 g/mol. The van der Waals surface area contributed by atoms with Gasteiger partial charge in [0, 0.05) is 11.8 Å². The van der Waals surface area contributed by atoms with Crippen LogP contribution in [0.5, 0.6) is 11.5 Å². The summed E-state index contributed by atoms with van der Waals surface area (Å²) in [5.74, 6) is 1.89. The Morgan fingerprint density at radius 2 is 1.77 bits per heavy atom. The summed E-state index contributed by atoms with van der Waals surface area (Å²) < 4.78 is 29.3. The van der Waals surface area contributed by atoms with Crippen LogP contribution in [0.15, 0.2) is 47.4 Å². The van der Waals surface area contributed by atoms with E-state index in [2.05, 4.69) is 38.2 Å². The first-order valence-electron chi connectivity index (χ1n) is 8.99. The number of rotatable bonds is 6. The lowest BCUT2D eigenvalue weighted by Gasteiger charge is -2.26. The van der Waals surface area contributed by atoms with Crippen molar-refractivity contribution in [3.05, 3.63) is 53.6 Å². The minimum atomic E-state index is -3.24. The maximum absolute atomic E-state index is 11.7. The van der Waals surface area contributed by atoms with Crippen molar-refractivity contribution in [3.63, 3.8) is 0 Å². The summed E-state index contributed by atoms with van der Waals surface area (Å²) in [6.07, 6.45) is 3.18. The van der Waals surface area contributed by atoms with Crippen molar-refractivity contribution in [2.24, 2.45) is 5.92 Å². The van der Waals surface area contributed by atoms with Crippen molar-refractivity contribution in [2.45, 2.75) is 44.0 Å². The molecule has 5 heteroatoms. The second kappa shape index (κ2) is 7.05. The highest BCUT2D eigenvalue weighted by Crippen LogP contribution is 2.34. The van der Waals surface area contributed by atoms with Crippen LogP contribution in [0.3, 0.4) is 0 Å². The predicted molar refractivity (Wildman–Crippen MR) is 105 cm³/mol. The molecule has 1 unspecified atom stereocenters. The largest absolute Gasteiger partial charge is 0.457 e. The summed E-state index contributed by atoms with van der Waals surface area (Å²) in [6, 6.07) is 12.8. The molecule has 1 atom stereocenters. The van der Waals surface area contributed by atoms with E-state index < -0.39 is 9.84 Å². The van der Waals surface area contributed by atoms with Crippen LogP contribution in [0.1, 0.15) is 31.9 Å². The first-order valence-corrected chi connectivity index (χ1v) is 10.9. The number of hydrogen-bond acceptors (Lipinski definition) is 4. The Balaban J connectivity index is 1.76. The third-order valence-corrected chi connectivity index (χ3v) is 5.86. The SMILES string of the molecule is CC(C)CNC1(C)Cc2ccc(Oc3cccc(S(C)(=O)=O)c3)cc2C1. The van der Waals surface area contributed by atoms with Gasteiger partial charge in [0.15, 0.2) is 9.84 Å². The number of benzene rings is 2. The molecule has 0 aromatic heterocycles. The van der Waals surface area contributed by atoms with Crippen LogP contribution < -0.4 is 10.1 Å². The summed E-state index contributed by atoms with van der Waals surface area (Å²) in [6.45, 7) is 7.71. The van der Waals surface area contributed by atoms with E-state index in [0.29, 0.717) is 11.7 Å². The molecule has 0 amide bonds. The lowest BCUT2D eigenvalue weighted by Crippen LogP contribution is -2.44. The number of sulfone groups is 1. The van der Waals surface area contributed by atoms with E-state index in [0.717, 1.165) is 25.1 Å². The molecule has 0 saturated carbocycles. The van der Waals surface area contributed by atoms with Crippen molar-refractivity contribution < 1.29 is 13.2 Å². The molecule has 3 rings (SSSR count). The standard InChI is InChI=1S/C21H27NO3S/c1-15(2)14-22-21(3)12-16-8-9-19(10-17(16)13-21)25-18-6-5-7-20(11-18)26(4,23)24/h5-11,15,22H,12-14H2,1-4H3. The summed E-state index contributed by atoms with van der Waals surface area (Å²) in [5, 5.41) is 3.69. The van der Waals surface area contributed by atoms with Crippen molar-refractivity contribution >= 4 is 9.84 Å². The van der Waals surface area contributed by atoms with Crippen LogP contribution in [0.25, 0.3) is 0 Å². The molecule has 1 aliphatic carbocycles. The van der Waals surface area contributed by atoms with Gasteiger partial charge in [-0.05, 0) is 73.7 Å². The van der Waals surface area contributed by atoms with Crippen molar-refractivity contribution in [1.82, 2.24) is 5.32 Å². The molecule has 0 saturated heterocycles. The quantitative estimate of drug-likeness (QED) is 0.832. The van der Waals surface area contributed by atoms with E-state index >= 15 is 0 Å². The van der Waals surface area contributed by atoms with Gasteiger partial charge in [0.1, 0.15) is 11.5 Å². The molecule has 0 fully saturated rings. The Hall–Kier alpha value is -1.85. The average molecular weight is 374 g/mol. The molecule has 0 heterocycles. The summed E-state index contributed by atoms with van der Waals surface area (Å²) in [5.41, 5.74) is 2.73. The van der Waals surface area contributed by atoms with E-state index in [1.165, 1.54) is 17.4 Å². The highest BCUT2D eigenvalue weighted by atomic mass is 32.2. The third-order valence-electron chi connectivity index (χ3n) is 4.75. The van der Waals surface area contributed by atoms with Crippen LogP contribution in [0.2, 0.25) is 0 Å². The fraction of sp³-hybridized carbons (Fsp3) is 0.429. The van der Waals surface area contributed by atoms with Gasteiger partial charge in [0.25, 0.3) is 0 Å². The monoisotopic (exact) mass is 373 g/mol. The fourth-order valence-electron chi connectivity index (χ4n) is 3.39. The van der Waals surface area contributed by atoms with Gasteiger partial charge in [0.2, 0.25) is 0 Å². The molecule has 2 aromatic carbocycles. The van der Waals surface area contributed by atoms with Crippen molar-refractivity contribution in [3.8, 4) is 11.5 Å². The molecule has 0 bridgehead atoms. The van der Waals surface area contributed by atoms with Gasteiger partial charge in [0.05, 0.1) is 4.90 Å². The molecule has 0 aliphatic heterocycles. The van der Waals surface area contributed by atoms with Crippen LogP contribution >= 0.6 is 0 Å². The number of hydrogen-bond donors (Lipinski definition) is 1. The minimum Gasteiger partial charge on any atom is -0.457 e. The van der Waals surface area contributed by atoms with Gasteiger partial charge in [-0.1, -0.05) is 26.0 Å². The van der Waals surface area contributed by atoms with Gasteiger partial charge in [-0.15, -0.1) is 0 Å². The van der Waals surface area contributed by atoms with E-state index in [1.54, 1.807) is 24.3 Å². The Labute approximate surface area is 156 Å². The van der Waals surface area contributed by atoms with Crippen molar-refractivity contribution in [1.29, 1.82) is 0 Å². The molecule has 0 spiro atoms. The summed E-state index contributed by atoms with van der Waals surface area (Å²) in [7, 11) is -3.24. The second-order valence-electron chi connectivity index (χ2n) is 7.97. The number of fused-ring (bicyclic) bond motifs is 1. The molecule has 4 nitrogen and oxygen atoms in total. The molecule has 26 heavy (non-hydrogen) atoms. The molecule has 1 N–H and O–H groups in total. The first-order chi connectivity index (χ1) is 12.1. The van der Waals surface area contributed by atoms with Gasteiger partial charge in [-0.3, -0.25) is 0 Å². The van der Waals surface area contributed by atoms with Gasteiger partial charge in [-0.25, -0.2) is 8.42 Å². The zero-order chi connectivity index (χ0) is 18.9. The van der Waals surface area contributed by atoms with E-state index in [-0.39, 0.29) is 10.4 Å². The van der Waals surface area contributed by atoms with Gasteiger partial charge in [-0.2, -0.15) is 0 Å². The van der Waals surface area contributed by atoms with Crippen molar-refractivity contribution in [2.75, 3.05) is 12.8 Å². The smallest absolute Gasteiger partial charge is 0.175 e. The summed E-state index contributed by atoms with van der Waals surface area (Å²) >= 11 is 0. The fourth-order valence-corrected chi connectivity index (χ4v) is 4.04. The predicted octanol–water partition coefficient (Wildman–Crippen LogP) is 3.99. The van der Waals surface area contributed by atoms with E-state index in [1.807, 2.05) is 6.07 Å². The van der Waals surface area contributed by atoms with Gasteiger partial charge >= 0.3 is 0 Å². The molecule has 0 radical (unpaired) electrons. The molecular formula is C21H27NO3S. The Bertz CT molecular complexity index is 905. The van der Waals surface area contributed by atoms with Crippen LogP contribution in [-0.2, 0) is 22.7 Å².